The number of rotatable bonds is 5. The van der Waals surface area contributed by atoms with Crippen LogP contribution in [0.5, 0.6) is 5.75 Å². The average Bonchev–Trinajstić information content (AvgIpc) is 3.15. The van der Waals surface area contributed by atoms with E-state index in [1.165, 1.54) is 18.2 Å². The van der Waals surface area contributed by atoms with Crippen LogP contribution in [0.2, 0.25) is 0 Å². The van der Waals surface area contributed by atoms with Gasteiger partial charge in [-0.2, -0.15) is 5.10 Å². The number of hydrogen-bond donors (Lipinski definition) is 3. The zero-order valence-corrected chi connectivity index (χ0v) is 13.5. The van der Waals surface area contributed by atoms with Gasteiger partial charge in [-0.15, -0.1) is 0 Å². The third-order valence-corrected chi connectivity index (χ3v) is 3.37. The first-order chi connectivity index (χ1) is 12.6. The Morgan fingerprint density at radius 2 is 1.85 bits per heavy atom. The molecular weight excluding hydrogens is 339 g/mol. The number of nitrogens with one attached hydrogen (secondary N) is 3. The minimum Gasteiger partial charge on any atom is -0.484 e. The molecule has 0 radical (unpaired) electrons. The standard InChI is InChI=1S/C18H15FN4O3/c19-13-7-4-8-14(9-13)26-11-17(24)22-23-18(25)16-10-15(20-21-16)12-5-2-1-3-6-12/h1-10H,11H2,(H,20,21)(H,22,24)(H,23,25). The maximum absolute atomic E-state index is 13.0. The number of aromatic amines is 1. The lowest BCUT2D eigenvalue weighted by Gasteiger charge is -2.08. The van der Waals surface area contributed by atoms with Crippen molar-refractivity contribution in [2.45, 2.75) is 0 Å². The smallest absolute Gasteiger partial charge is 0.287 e. The maximum Gasteiger partial charge on any atom is 0.287 e. The zero-order valence-electron chi connectivity index (χ0n) is 13.5. The van der Waals surface area contributed by atoms with Gasteiger partial charge in [0, 0.05) is 11.6 Å². The normalized spacial score (nSPS) is 10.2. The van der Waals surface area contributed by atoms with Crippen molar-refractivity contribution in [3.63, 3.8) is 0 Å². The van der Waals surface area contributed by atoms with E-state index in [-0.39, 0.29) is 18.1 Å². The highest BCUT2D eigenvalue weighted by Gasteiger charge is 2.12. The fourth-order valence-electron chi connectivity index (χ4n) is 2.13. The second-order valence-electron chi connectivity index (χ2n) is 5.28. The van der Waals surface area contributed by atoms with Gasteiger partial charge in [-0.3, -0.25) is 25.5 Å². The van der Waals surface area contributed by atoms with Crippen LogP contribution in [-0.4, -0.2) is 28.6 Å². The first kappa shape index (κ1) is 17.2. The van der Waals surface area contributed by atoms with Crippen LogP contribution in [0.15, 0.2) is 60.7 Å². The Hall–Kier alpha value is -3.68. The van der Waals surface area contributed by atoms with Gasteiger partial charge in [0.25, 0.3) is 11.8 Å². The first-order valence-corrected chi connectivity index (χ1v) is 7.70. The number of H-pyrrole nitrogens is 1. The summed E-state index contributed by atoms with van der Waals surface area (Å²) in [7, 11) is 0. The molecule has 132 valence electrons. The number of amides is 2. The largest absolute Gasteiger partial charge is 0.484 e. The van der Waals surface area contributed by atoms with Crippen LogP contribution in [0.4, 0.5) is 4.39 Å². The van der Waals surface area contributed by atoms with Gasteiger partial charge in [-0.1, -0.05) is 36.4 Å². The Kier molecular flexibility index (Phi) is 5.23. The summed E-state index contributed by atoms with van der Waals surface area (Å²) in [5.74, 6) is -1.40. The molecule has 2 amide bonds. The molecule has 8 heteroatoms. The van der Waals surface area contributed by atoms with E-state index >= 15 is 0 Å². The number of halogens is 1. The third kappa shape index (κ3) is 4.44. The van der Waals surface area contributed by atoms with Crippen LogP contribution in [0, 0.1) is 5.82 Å². The summed E-state index contributed by atoms with van der Waals surface area (Å²) in [4.78, 5) is 23.7. The fraction of sp³-hybridized carbons (Fsp3) is 0.0556. The van der Waals surface area contributed by atoms with Crippen LogP contribution in [0.25, 0.3) is 11.3 Å². The molecule has 0 atom stereocenters. The molecule has 26 heavy (non-hydrogen) atoms. The molecule has 0 unspecified atom stereocenters. The van der Waals surface area contributed by atoms with Crippen LogP contribution in [0.3, 0.4) is 0 Å². The monoisotopic (exact) mass is 354 g/mol. The minimum absolute atomic E-state index is 0.190. The van der Waals surface area contributed by atoms with Crippen molar-refractivity contribution >= 4 is 11.8 Å². The third-order valence-electron chi connectivity index (χ3n) is 3.37. The molecule has 0 saturated heterocycles. The SMILES string of the molecule is O=C(COc1cccc(F)c1)NNC(=O)c1cc(-c2ccccc2)n[nH]1. The van der Waals surface area contributed by atoms with Gasteiger partial charge in [0.2, 0.25) is 0 Å². The predicted octanol–water partition coefficient (Wildman–Crippen LogP) is 2.06. The quantitative estimate of drug-likeness (QED) is 0.611. The number of hydrogen-bond acceptors (Lipinski definition) is 4. The molecule has 0 saturated carbocycles. The number of carbonyl (C=O) groups excluding carboxylic acids is 2. The average molecular weight is 354 g/mol. The maximum atomic E-state index is 13.0. The van der Waals surface area contributed by atoms with Gasteiger partial charge >= 0.3 is 0 Å². The van der Waals surface area contributed by atoms with Crippen molar-refractivity contribution in [2.24, 2.45) is 0 Å². The molecule has 1 heterocycles. The topological polar surface area (TPSA) is 96.1 Å². The molecule has 3 rings (SSSR count). The number of hydrazine groups is 1. The second-order valence-corrected chi connectivity index (χ2v) is 5.28. The molecule has 2 aromatic carbocycles. The number of carbonyl (C=O) groups is 2. The van der Waals surface area contributed by atoms with Crippen molar-refractivity contribution in [3.8, 4) is 17.0 Å². The molecule has 0 spiro atoms. The molecule has 3 N–H and O–H groups in total. The second kappa shape index (κ2) is 7.93. The van der Waals surface area contributed by atoms with E-state index in [2.05, 4.69) is 21.0 Å². The van der Waals surface area contributed by atoms with Crippen molar-refractivity contribution in [3.05, 3.63) is 72.2 Å². The molecule has 3 aromatic rings. The highest BCUT2D eigenvalue weighted by atomic mass is 19.1. The minimum atomic E-state index is -0.592. The fourth-order valence-corrected chi connectivity index (χ4v) is 2.13. The number of nitrogens with zero attached hydrogens (tertiary/aromatic N) is 1. The van der Waals surface area contributed by atoms with E-state index in [9.17, 15) is 14.0 Å². The predicted molar refractivity (Wildman–Crippen MR) is 91.5 cm³/mol. The van der Waals surface area contributed by atoms with Crippen molar-refractivity contribution < 1.29 is 18.7 Å². The van der Waals surface area contributed by atoms with Crippen LogP contribution < -0.4 is 15.6 Å². The Bertz CT molecular complexity index is 912. The summed E-state index contributed by atoms with van der Waals surface area (Å²) in [6.45, 7) is -0.373. The van der Waals surface area contributed by atoms with Crippen molar-refractivity contribution in [2.75, 3.05) is 6.61 Å². The molecule has 0 aliphatic rings. The summed E-state index contributed by atoms with van der Waals surface area (Å²) < 4.78 is 18.1. The Morgan fingerprint density at radius 1 is 1.04 bits per heavy atom. The van der Waals surface area contributed by atoms with Crippen molar-refractivity contribution in [1.82, 2.24) is 21.0 Å². The van der Waals surface area contributed by atoms with Crippen LogP contribution >= 0.6 is 0 Å². The Labute approximate surface area is 148 Å². The van der Waals surface area contributed by atoms with E-state index in [1.54, 1.807) is 6.07 Å². The molecule has 0 aliphatic heterocycles. The number of benzene rings is 2. The van der Waals surface area contributed by atoms with Gasteiger partial charge < -0.3 is 4.74 Å². The van der Waals surface area contributed by atoms with E-state index in [0.29, 0.717) is 5.69 Å². The van der Waals surface area contributed by atoms with E-state index < -0.39 is 17.6 Å². The van der Waals surface area contributed by atoms with E-state index in [4.69, 9.17) is 4.74 Å². The molecule has 0 aliphatic carbocycles. The summed E-state index contributed by atoms with van der Waals surface area (Å²) in [5.41, 5.74) is 6.11. The highest BCUT2D eigenvalue weighted by Crippen LogP contribution is 2.16. The van der Waals surface area contributed by atoms with Gasteiger partial charge in [0.05, 0.1) is 5.69 Å². The highest BCUT2D eigenvalue weighted by molar-refractivity contribution is 5.94. The number of aromatic nitrogens is 2. The van der Waals surface area contributed by atoms with Gasteiger partial charge in [0.15, 0.2) is 6.61 Å². The summed E-state index contributed by atoms with van der Waals surface area (Å²) in [5, 5.41) is 6.67. The Morgan fingerprint density at radius 3 is 2.62 bits per heavy atom. The molecule has 7 nitrogen and oxygen atoms in total. The van der Waals surface area contributed by atoms with Gasteiger partial charge in [-0.25, -0.2) is 4.39 Å². The lowest BCUT2D eigenvalue weighted by atomic mass is 10.1. The number of ether oxygens (including phenoxy) is 1. The van der Waals surface area contributed by atoms with Gasteiger partial charge in [0.1, 0.15) is 17.3 Å². The first-order valence-electron chi connectivity index (χ1n) is 7.70. The lowest BCUT2D eigenvalue weighted by Crippen LogP contribution is -2.44. The lowest BCUT2D eigenvalue weighted by molar-refractivity contribution is -0.123. The summed E-state index contributed by atoms with van der Waals surface area (Å²) >= 11 is 0. The molecular formula is C18H15FN4O3. The summed E-state index contributed by atoms with van der Waals surface area (Å²) in [6, 6.07) is 16.3. The van der Waals surface area contributed by atoms with E-state index in [0.717, 1.165) is 11.6 Å². The zero-order chi connectivity index (χ0) is 18.4. The van der Waals surface area contributed by atoms with Crippen molar-refractivity contribution in [1.29, 1.82) is 0 Å². The van der Waals surface area contributed by atoms with Crippen LogP contribution in [0.1, 0.15) is 10.5 Å². The van der Waals surface area contributed by atoms with Crippen LogP contribution in [-0.2, 0) is 4.79 Å². The molecule has 1 aromatic heterocycles. The molecule has 0 bridgehead atoms. The van der Waals surface area contributed by atoms with E-state index in [1.807, 2.05) is 30.3 Å². The Balaban J connectivity index is 1.49. The van der Waals surface area contributed by atoms with Gasteiger partial charge in [-0.05, 0) is 18.2 Å². The molecule has 0 fully saturated rings. The summed E-state index contributed by atoms with van der Waals surface area (Å²) in [6.07, 6.45) is 0.